The first-order valence-electron chi connectivity index (χ1n) is 7.50. The lowest BCUT2D eigenvalue weighted by molar-refractivity contribution is 0.0934. The highest BCUT2D eigenvalue weighted by Crippen LogP contribution is 2.12. The van der Waals surface area contributed by atoms with Crippen molar-refractivity contribution in [3.63, 3.8) is 0 Å². The molecule has 0 saturated carbocycles. The fourth-order valence-electron chi connectivity index (χ4n) is 1.88. The SMILES string of the molecule is C=CCOc1ccc(C(=O)NNC(=S)NC(=O)c2cccc(Cl)c2)cc1. The summed E-state index contributed by atoms with van der Waals surface area (Å²) in [7, 11) is 0. The Labute approximate surface area is 161 Å². The zero-order chi connectivity index (χ0) is 18.9. The summed E-state index contributed by atoms with van der Waals surface area (Å²) in [4.78, 5) is 24.1. The van der Waals surface area contributed by atoms with Crippen LogP contribution in [0.2, 0.25) is 5.02 Å². The van der Waals surface area contributed by atoms with Gasteiger partial charge in [0.15, 0.2) is 5.11 Å². The third-order valence-corrected chi connectivity index (χ3v) is 3.53. The number of hydrogen-bond acceptors (Lipinski definition) is 4. The molecule has 0 heterocycles. The molecule has 0 fully saturated rings. The number of amides is 2. The first-order chi connectivity index (χ1) is 12.5. The van der Waals surface area contributed by atoms with Crippen molar-refractivity contribution < 1.29 is 14.3 Å². The molecule has 134 valence electrons. The summed E-state index contributed by atoms with van der Waals surface area (Å²) in [5.74, 6) is -0.235. The summed E-state index contributed by atoms with van der Waals surface area (Å²) in [6.07, 6.45) is 1.63. The first kappa shape index (κ1) is 19.4. The molecule has 26 heavy (non-hydrogen) atoms. The van der Waals surface area contributed by atoms with E-state index in [1.807, 2.05) is 0 Å². The second-order valence-electron chi connectivity index (χ2n) is 5.00. The molecular formula is C18H16ClN3O3S. The molecule has 6 nitrogen and oxygen atoms in total. The Bertz CT molecular complexity index is 825. The Balaban J connectivity index is 1.83. The fourth-order valence-corrected chi connectivity index (χ4v) is 2.21. The van der Waals surface area contributed by atoms with E-state index < -0.39 is 11.8 Å². The van der Waals surface area contributed by atoms with E-state index in [1.54, 1.807) is 48.5 Å². The summed E-state index contributed by atoms with van der Waals surface area (Å²) < 4.78 is 5.34. The second kappa shape index (κ2) is 9.55. The standard InChI is InChI=1S/C18H16ClN3O3S/c1-2-10-25-15-8-6-12(7-9-15)17(24)21-22-18(26)20-16(23)13-4-3-5-14(19)11-13/h2-9,11H,1,10H2,(H,21,24)(H2,20,22,23,26). The maximum Gasteiger partial charge on any atom is 0.269 e. The number of ether oxygens (including phenoxy) is 1. The van der Waals surface area contributed by atoms with E-state index in [0.717, 1.165) is 0 Å². The van der Waals surface area contributed by atoms with Crippen molar-refractivity contribution in [2.45, 2.75) is 0 Å². The molecule has 0 atom stereocenters. The molecule has 0 saturated heterocycles. The molecule has 0 bridgehead atoms. The summed E-state index contributed by atoms with van der Waals surface area (Å²) >= 11 is 10.8. The molecule has 2 aromatic carbocycles. The molecule has 0 aliphatic heterocycles. The number of rotatable bonds is 5. The number of hydrogen-bond donors (Lipinski definition) is 3. The van der Waals surface area contributed by atoms with Crippen LogP contribution in [0.15, 0.2) is 61.2 Å². The molecule has 3 N–H and O–H groups in total. The molecule has 0 aliphatic rings. The second-order valence-corrected chi connectivity index (χ2v) is 5.84. The Morgan fingerprint density at radius 2 is 1.81 bits per heavy atom. The maximum absolute atomic E-state index is 12.1. The van der Waals surface area contributed by atoms with Crippen molar-refractivity contribution in [2.75, 3.05) is 6.61 Å². The molecular weight excluding hydrogens is 374 g/mol. The minimum Gasteiger partial charge on any atom is -0.490 e. The van der Waals surface area contributed by atoms with Gasteiger partial charge < -0.3 is 4.74 Å². The van der Waals surface area contributed by atoms with Crippen LogP contribution in [0.3, 0.4) is 0 Å². The minimum absolute atomic E-state index is 0.0470. The van der Waals surface area contributed by atoms with Gasteiger partial charge in [-0.25, -0.2) is 0 Å². The van der Waals surface area contributed by atoms with Crippen molar-refractivity contribution in [2.24, 2.45) is 0 Å². The van der Waals surface area contributed by atoms with Gasteiger partial charge in [-0.05, 0) is 54.7 Å². The molecule has 0 spiro atoms. The highest BCUT2D eigenvalue weighted by molar-refractivity contribution is 7.80. The van der Waals surface area contributed by atoms with Gasteiger partial charge in [0.2, 0.25) is 0 Å². The topological polar surface area (TPSA) is 79.5 Å². The van der Waals surface area contributed by atoms with Crippen LogP contribution in [0.1, 0.15) is 20.7 Å². The normalized spacial score (nSPS) is 9.73. The number of carbonyl (C=O) groups excluding carboxylic acids is 2. The lowest BCUT2D eigenvalue weighted by Crippen LogP contribution is -2.48. The number of halogens is 1. The van der Waals surface area contributed by atoms with Crippen LogP contribution in [0.4, 0.5) is 0 Å². The van der Waals surface area contributed by atoms with Gasteiger partial charge >= 0.3 is 0 Å². The first-order valence-corrected chi connectivity index (χ1v) is 8.29. The van der Waals surface area contributed by atoms with Gasteiger partial charge in [0.25, 0.3) is 11.8 Å². The van der Waals surface area contributed by atoms with Crippen LogP contribution in [-0.4, -0.2) is 23.5 Å². The Kier molecular flexibility index (Phi) is 7.13. The van der Waals surface area contributed by atoms with Gasteiger partial charge in [0.1, 0.15) is 12.4 Å². The molecule has 0 aliphatic carbocycles. The minimum atomic E-state index is -0.442. The zero-order valence-corrected chi connectivity index (χ0v) is 15.2. The smallest absolute Gasteiger partial charge is 0.269 e. The molecule has 8 heteroatoms. The Morgan fingerprint density at radius 3 is 2.46 bits per heavy atom. The number of hydrazine groups is 1. The van der Waals surface area contributed by atoms with E-state index in [-0.39, 0.29) is 5.11 Å². The van der Waals surface area contributed by atoms with E-state index in [2.05, 4.69) is 22.7 Å². The molecule has 0 radical (unpaired) electrons. The molecule has 0 aromatic heterocycles. The highest BCUT2D eigenvalue weighted by Gasteiger charge is 2.10. The van der Waals surface area contributed by atoms with Crippen LogP contribution >= 0.6 is 23.8 Å². The van der Waals surface area contributed by atoms with Crippen molar-refractivity contribution in [1.82, 2.24) is 16.2 Å². The Hall–Kier alpha value is -2.90. The van der Waals surface area contributed by atoms with Crippen LogP contribution in [0.25, 0.3) is 0 Å². The Morgan fingerprint density at radius 1 is 1.08 bits per heavy atom. The molecule has 2 aromatic rings. The predicted octanol–water partition coefficient (Wildman–Crippen LogP) is 2.85. The number of carbonyl (C=O) groups is 2. The van der Waals surface area contributed by atoms with Crippen LogP contribution in [-0.2, 0) is 0 Å². The summed E-state index contributed by atoms with van der Waals surface area (Å²) in [6, 6.07) is 12.9. The summed E-state index contributed by atoms with van der Waals surface area (Å²) in [5.41, 5.74) is 5.62. The van der Waals surface area contributed by atoms with Crippen molar-refractivity contribution in [3.8, 4) is 5.75 Å². The van der Waals surface area contributed by atoms with Crippen LogP contribution in [0, 0.1) is 0 Å². The van der Waals surface area contributed by atoms with E-state index in [0.29, 0.717) is 28.5 Å². The van der Waals surface area contributed by atoms with E-state index in [1.165, 1.54) is 6.07 Å². The van der Waals surface area contributed by atoms with Crippen LogP contribution < -0.4 is 20.9 Å². The summed E-state index contributed by atoms with van der Waals surface area (Å²) in [6.45, 7) is 3.94. The van der Waals surface area contributed by atoms with E-state index in [4.69, 9.17) is 28.6 Å². The van der Waals surface area contributed by atoms with Gasteiger partial charge in [-0.15, -0.1) is 0 Å². The number of benzene rings is 2. The van der Waals surface area contributed by atoms with E-state index >= 15 is 0 Å². The zero-order valence-electron chi connectivity index (χ0n) is 13.6. The lowest BCUT2D eigenvalue weighted by Gasteiger charge is -2.11. The summed E-state index contributed by atoms with van der Waals surface area (Å²) in [5, 5.41) is 2.83. The molecule has 2 rings (SSSR count). The van der Waals surface area contributed by atoms with Crippen molar-refractivity contribution in [1.29, 1.82) is 0 Å². The van der Waals surface area contributed by atoms with Crippen molar-refractivity contribution >= 4 is 40.7 Å². The van der Waals surface area contributed by atoms with Gasteiger partial charge in [0.05, 0.1) is 0 Å². The van der Waals surface area contributed by atoms with Gasteiger partial charge in [0, 0.05) is 16.1 Å². The quantitative estimate of drug-likeness (QED) is 0.416. The van der Waals surface area contributed by atoms with Gasteiger partial charge in [-0.2, -0.15) is 0 Å². The average Bonchev–Trinajstić information content (AvgIpc) is 2.64. The van der Waals surface area contributed by atoms with Crippen molar-refractivity contribution in [3.05, 3.63) is 77.3 Å². The third kappa shape index (κ3) is 5.87. The lowest BCUT2D eigenvalue weighted by atomic mass is 10.2. The predicted molar refractivity (Wildman–Crippen MR) is 104 cm³/mol. The number of nitrogens with one attached hydrogen (secondary N) is 3. The van der Waals surface area contributed by atoms with Gasteiger partial charge in [-0.3, -0.25) is 25.8 Å². The molecule has 2 amide bonds. The fraction of sp³-hybridized carbons (Fsp3) is 0.0556. The molecule has 0 unspecified atom stereocenters. The monoisotopic (exact) mass is 389 g/mol. The van der Waals surface area contributed by atoms with Crippen LogP contribution in [0.5, 0.6) is 5.75 Å². The van der Waals surface area contributed by atoms with Gasteiger partial charge in [-0.1, -0.05) is 30.3 Å². The third-order valence-electron chi connectivity index (χ3n) is 3.09. The maximum atomic E-state index is 12.1. The highest BCUT2D eigenvalue weighted by atomic mass is 35.5. The average molecular weight is 390 g/mol. The van der Waals surface area contributed by atoms with E-state index in [9.17, 15) is 9.59 Å². The number of thiocarbonyl (C=S) groups is 1. The largest absolute Gasteiger partial charge is 0.490 e.